The Labute approximate surface area is 189 Å². The van der Waals surface area contributed by atoms with Crippen molar-refractivity contribution in [1.29, 1.82) is 0 Å². The molecule has 6 nitrogen and oxygen atoms in total. The minimum Gasteiger partial charge on any atom is -0.312 e. The van der Waals surface area contributed by atoms with E-state index in [1.165, 1.54) is 0 Å². The van der Waals surface area contributed by atoms with E-state index in [9.17, 15) is 40.3 Å². The summed E-state index contributed by atoms with van der Waals surface area (Å²) in [7, 11) is 0. The number of aromatic nitrogens is 2. The number of carbonyl (C=O) groups is 2. The van der Waals surface area contributed by atoms with Crippen molar-refractivity contribution in [3.05, 3.63) is 53.2 Å². The fourth-order valence-electron chi connectivity index (χ4n) is 3.55. The van der Waals surface area contributed by atoms with Crippen molar-refractivity contribution in [1.82, 2.24) is 14.9 Å². The lowest BCUT2D eigenvalue weighted by Gasteiger charge is -2.25. The van der Waals surface area contributed by atoms with Crippen molar-refractivity contribution in [3.63, 3.8) is 0 Å². The number of ketones is 1. The number of Topliss-reactive ketones (excluding diaryl/α,β-unsaturated/α-hetero) is 1. The Kier molecular flexibility index (Phi) is 6.85. The van der Waals surface area contributed by atoms with Crippen molar-refractivity contribution in [2.45, 2.75) is 38.7 Å². The molecule has 3 heterocycles. The molecule has 1 fully saturated rings. The van der Waals surface area contributed by atoms with Gasteiger partial charge in [0.2, 0.25) is 0 Å². The average Bonchev–Trinajstić information content (AvgIpc) is 3.03. The van der Waals surface area contributed by atoms with Crippen LogP contribution in [0.25, 0.3) is 0 Å². The normalized spacial score (nSPS) is 17.1. The Morgan fingerprint density at radius 3 is 2.26 bits per heavy atom. The Morgan fingerprint density at radius 2 is 1.76 bits per heavy atom. The quantitative estimate of drug-likeness (QED) is 0.547. The summed E-state index contributed by atoms with van der Waals surface area (Å²) in [6.45, 7) is 2.95. The zero-order valence-electron chi connectivity index (χ0n) is 17.9. The van der Waals surface area contributed by atoms with Gasteiger partial charge in [-0.25, -0.2) is 14.2 Å². The van der Waals surface area contributed by atoms with Crippen LogP contribution in [0, 0.1) is 11.7 Å². The highest BCUT2D eigenvalue weighted by atomic mass is 19.4. The molecule has 1 saturated heterocycles. The second kappa shape index (κ2) is 9.18. The van der Waals surface area contributed by atoms with E-state index in [4.69, 9.17) is 0 Å². The van der Waals surface area contributed by atoms with Gasteiger partial charge in [-0.05, 0) is 23.6 Å². The second-order valence-corrected chi connectivity index (χ2v) is 8.12. The van der Waals surface area contributed by atoms with Crippen molar-refractivity contribution in [2.75, 3.05) is 18.0 Å². The van der Waals surface area contributed by atoms with Gasteiger partial charge in [0.1, 0.15) is 5.69 Å². The molecule has 2 aromatic heterocycles. The summed E-state index contributed by atoms with van der Waals surface area (Å²) >= 11 is 0. The second-order valence-electron chi connectivity index (χ2n) is 8.12. The molecule has 2 amide bonds. The van der Waals surface area contributed by atoms with E-state index in [0.717, 1.165) is 28.1 Å². The molecule has 184 valence electrons. The van der Waals surface area contributed by atoms with Crippen LogP contribution in [0.5, 0.6) is 0 Å². The number of alkyl halides is 6. The van der Waals surface area contributed by atoms with E-state index >= 15 is 0 Å². The number of hydrogen-bond donors (Lipinski definition) is 0. The largest absolute Gasteiger partial charge is 0.433 e. The smallest absolute Gasteiger partial charge is 0.312 e. The predicted molar refractivity (Wildman–Crippen MR) is 105 cm³/mol. The topological polar surface area (TPSA) is 66.4 Å². The summed E-state index contributed by atoms with van der Waals surface area (Å²) in [5, 5.41) is 0. The molecule has 34 heavy (non-hydrogen) atoms. The number of urea groups is 1. The van der Waals surface area contributed by atoms with E-state index in [-0.39, 0.29) is 30.5 Å². The Hall–Kier alpha value is -3.25. The van der Waals surface area contributed by atoms with Crippen molar-refractivity contribution in [2.24, 2.45) is 5.92 Å². The molecule has 0 N–H and O–H groups in total. The van der Waals surface area contributed by atoms with Crippen LogP contribution in [0.15, 0.2) is 30.6 Å². The van der Waals surface area contributed by atoms with E-state index in [1.54, 1.807) is 13.8 Å². The van der Waals surface area contributed by atoms with Crippen molar-refractivity contribution in [3.8, 4) is 0 Å². The number of pyridine rings is 2. The SMILES string of the molecule is CC(C)[C@H]1CN(c2ncc(C(F)(F)F)cc2F)C(=O)N1CC(=O)Cc1ccc(C(F)(F)F)nc1. The van der Waals surface area contributed by atoms with Crippen LogP contribution in [-0.4, -0.2) is 45.8 Å². The molecule has 1 atom stereocenters. The number of hydrogen-bond acceptors (Lipinski definition) is 4. The lowest BCUT2D eigenvalue weighted by molar-refractivity contribution is -0.141. The third-order valence-electron chi connectivity index (χ3n) is 5.28. The molecule has 0 aromatic carbocycles. The molecule has 3 rings (SSSR count). The van der Waals surface area contributed by atoms with Crippen LogP contribution < -0.4 is 4.90 Å². The summed E-state index contributed by atoms with van der Waals surface area (Å²) < 4.78 is 90.7. The number of anilines is 1. The van der Waals surface area contributed by atoms with Gasteiger partial charge < -0.3 is 4.90 Å². The molecule has 0 bridgehead atoms. The third-order valence-corrected chi connectivity index (χ3v) is 5.28. The Bertz CT molecular complexity index is 1070. The molecule has 1 aliphatic heterocycles. The maximum atomic E-state index is 14.4. The highest BCUT2D eigenvalue weighted by Gasteiger charge is 2.42. The summed E-state index contributed by atoms with van der Waals surface area (Å²) in [6.07, 6.45) is -8.40. The first-order valence-electron chi connectivity index (χ1n) is 10.0. The van der Waals surface area contributed by atoms with Gasteiger partial charge in [-0.2, -0.15) is 26.3 Å². The standard InChI is InChI=1S/C21H19F7N4O2/c1-11(2)16-10-32(18-15(22)6-13(8-30-18)20(23,24)25)19(34)31(16)9-14(33)5-12-3-4-17(29-7-12)21(26,27)28/h3-4,6-8,11,16H,5,9-10H2,1-2H3/t16-/m1/s1. The summed E-state index contributed by atoms with van der Waals surface area (Å²) in [5.41, 5.74) is -2.21. The molecular weight excluding hydrogens is 473 g/mol. The highest BCUT2D eigenvalue weighted by molar-refractivity contribution is 5.97. The first kappa shape index (κ1) is 25.4. The number of rotatable bonds is 6. The van der Waals surface area contributed by atoms with E-state index in [1.807, 2.05) is 0 Å². The summed E-state index contributed by atoms with van der Waals surface area (Å²) in [4.78, 5) is 34.3. The fraction of sp³-hybridized carbons (Fsp3) is 0.429. The summed E-state index contributed by atoms with van der Waals surface area (Å²) in [6, 6.07) is 0.689. The van der Waals surface area contributed by atoms with Gasteiger partial charge in [0.15, 0.2) is 17.4 Å². The van der Waals surface area contributed by atoms with E-state index in [0.29, 0.717) is 6.20 Å². The van der Waals surface area contributed by atoms with Gasteiger partial charge in [0.25, 0.3) is 0 Å². The molecule has 0 spiro atoms. The van der Waals surface area contributed by atoms with Crippen LogP contribution in [-0.2, 0) is 23.6 Å². The lowest BCUT2D eigenvalue weighted by atomic mass is 10.0. The zero-order chi connectivity index (χ0) is 25.4. The number of amides is 2. The highest BCUT2D eigenvalue weighted by Crippen LogP contribution is 2.33. The first-order chi connectivity index (χ1) is 15.7. The lowest BCUT2D eigenvalue weighted by Crippen LogP contribution is -2.41. The molecule has 2 aromatic rings. The van der Waals surface area contributed by atoms with Crippen LogP contribution in [0.2, 0.25) is 0 Å². The van der Waals surface area contributed by atoms with Crippen molar-refractivity contribution >= 4 is 17.6 Å². The molecule has 0 saturated carbocycles. The average molecular weight is 492 g/mol. The van der Waals surface area contributed by atoms with E-state index in [2.05, 4.69) is 9.97 Å². The van der Waals surface area contributed by atoms with Gasteiger partial charge in [-0.15, -0.1) is 0 Å². The van der Waals surface area contributed by atoms with Gasteiger partial charge in [0.05, 0.1) is 24.7 Å². The maximum absolute atomic E-state index is 14.4. The van der Waals surface area contributed by atoms with Crippen molar-refractivity contribution < 1.29 is 40.3 Å². The third kappa shape index (κ3) is 5.45. The van der Waals surface area contributed by atoms with Gasteiger partial charge in [-0.1, -0.05) is 19.9 Å². The minimum atomic E-state index is -4.81. The first-order valence-corrected chi connectivity index (χ1v) is 10.0. The fourth-order valence-corrected chi connectivity index (χ4v) is 3.55. The van der Waals surface area contributed by atoms with Crippen LogP contribution >= 0.6 is 0 Å². The summed E-state index contributed by atoms with van der Waals surface area (Å²) in [5.74, 6) is -2.64. The Balaban J connectivity index is 1.76. The molecule has 0 radical (unpaired) electrons. The monoisotopic (exact) mass is 492 g/mol. The molecule has 0 unspecified atom stereocenters. The molecule has 13 heteroatoms. The molecule has 1 aliphatic rings. The number of halogens is 7. The van der Waals surface area contributed by atoms with Crippen LogP contribution in [0.3, 0.4) is 0 Å². The number of nitrogens with zero attached hydrogens (tertiary/aromatic N) is 4. The maximum Gasteiger partial charge on any atom is 0.433 e. The minimum absolute atomic E-state index is 0.110. The van der Waals surface area contributed by atoms with Gasteiger partial charge >= 0.3 is 18.4 Å². The zero-order valence-corrected chi connectivity index (χ0v) is 17.9. The van der Waals surface area contributed by atoms with Gasteiger partial charge in [-0.3, -0.25) is 14.7 Å². The molecule has 0 aliphatic carbocycles. The Morgan fingerprint density at radius 1 is 1.09 bits per heavy atom. The predicted octanol–water partition coefficient (Wildman–Crippen LogP) is 4.73. The van der Waals surface area contributed by atoms with E-state index < -0.39 is 59.6 Å². The number of carbonyl (C=O) groups excluding carboxylic acids is 2. The van der Waals surface area contributed by atoms with Crippen LogP contribution in [0.4, 0.5) is 41.3 Å². The molecular formula is C21H19F7N4O2. The van der Waals surface area contributed by atoms with Crippen LogP contribution in [0.1, 0.15) is 30.7 Å². The van der Waals surface area contributed by atoms with Gasteiger partial charge in [0, 0.05) is 18.8 Å².